The summed E-state index contributed by atoms with van der Waals surface area (Å²) in [4.78, 5) is 0. The number of rotatable bonds is 1. The van der Waals surface area contributed by atoms with Crippen molar-refractivity contribution in [3.8, 4) is 0 Å². The Morgan fingerprint density at radius 2 is 1.38 bits per heavy atom. The molecule has 1 fully saturated rings. The second kappa shape index (κ2) is 2.98. The molecule has 4 bridgehead atoms. The van der Waals surface area contributed by atoms with E-state index < -0.39 is 0 Å². The van der Waals surface area contributed by atoms with E-state index in [1.54, 1.807) is 0 Å². The van der Waals surface area contributed by atoms with Gasteiger partial charge >= 0.3 is 0 Å². The molecule has 0 heteroatoms. The molecule has 0 aliphatic heterocycles. The lowest BCUT2D eigenvalue weighted by atomic mass is 9.92. The van der Waals surface area contributed by atoms with Gasteiger partial charge in [0.2, 0.25) is 0 Å². The van der Waals surface area contributed by atoms with Gasteiger partial charge in [0.1, 0.15) is 0 Å². The van der Waals surface area contributed by atoms with Gasteiger partial charge in [-0.3, -0.25) is 0 Å². The molecule has 78 valence electrons. The zero-order chi connectivity index (χ0) is 10.5. The quantitative estimate of drug-likeness (QED) is 0.615. The fourth-order valence-electron chi connectivity index (χ4n) is 3.13. The molecule has 4 aliphatic carbocycles. The standard InChI is InChI=1S/C16H14/c1-2-4-11(5-3-1)15-10-16-13-8-6-12(15)7-9-14(13)16/h1-10,12-14,16H/t12?,13-,14?,16?/m1/s1. The van der Waals surface area contributed by atoms with Crippen LogP contribution in [0, 0.1) is 23.7 Å². The summed E-state index contributed by atoms with van der Waals surface area (Å²) in [5.74, 6) is 2.86. The fourth-order valence-corrected chi connectivity index (χ4v) is 3.13. The minimum atomic E-state index is 0.502. The summed E-state index contributed by atoms with van der Waals surface area (Å²) in [6, 6.07) is 10.8. The van der Waals surface area contributed by atoms with Crippen molar-refractivity contribution in [3.05, 3.63) is 66.3 Å². The summed E-state index contributed by atoms with van der Waals surface area (Å²) in [5, 5.41) is 0. The van der Waals surface area contributed by atoms with Crippen LogP contribution in [-0.2, 0) is 0 Å². The van der Waals surface area contributed by atoms with Crippen molar-refractivity contribution >= 4 is 5.57 Å². The Labute approximate surface area is 96.0 Å². The monoisotopic (exact) mass is 206 g/mol. The van der Waals surface area contributed by atoms with E-state index in [9.17, 15) is 0 Å². The predicted molar refractivity (Wildman–Crippen MR) is 66.7 cm³/mol. The van der Waals surface area contributed by atoms with Gasteiger partial charge in [0.15, 0.2) is 0 Å². The summed E-state index contributed by atoms with van der Waals surface area (Å²) in [5.41, 5.74) is 2.88. The molecular weight excluding hydrogens is 192 g/mol. The van der Waals surface area contributed by atoms with Crippen molar-refractivity contribution in [2.75, 3.05) is 0 Å². The van der Waals surface area contributed by atoms with Gasteiger partial charge in [-0.05, 0) is 28.9 Å². The lowest BCUT2D eigenvalue weighted by molar-refractivity contribution is 1.00. The largest absolute Gasteiger partial charge is 0.0833 e. The van der Waals surface area contributed by atoms with Gasteiger partial charge in [-0.15, -0.1) is 0 Å². The molecule has 0 amide bonds. The highest BCUT2D eigenvalue weighted by Crippen LogP contribution is 2.55. The second-order valence-corrected chi connectivity index (χ2v) is 5.02. The van der Waals surface area contributed by atoms with E-state index >= 15 is 0 Å². The first kappa shape index (κ1) is 8.58. The van der Waals surface area contributed by atoms with Gasteiger partial charge in [-0.2, -0.15) is 0 Å². The van der Waals surface area contributed by atoms with E-state index in [1.807, 2.05) is 0 Å². The molecule has 0 heterocycles. The topological polar surface area (TPSA) is 0 Å². The molecule has 1 aromatic rings. The van der Waals surface area contributed by atoms with Gasteiger partial charge in [-0.25, -0.2) is 0 Å². The lowest BCUT2D eigenvalue weighted by Gasteiger charge is -2.12. The number of benzene rings is 1. The first-order chi connectivity index (χ1) is 7.93. The predicted octanol–water partition coefficient (Wildman–Crippen LogP) is 3.69. The smallest absolute Gasteiger partial charge is 0.0201 e. The summed E-state index contributed by atoms with van der Waals surface area (Å²) in [6.45, 7) is 0. The Balaban J connectivity index is 1.85. The molecule has 4 atom stereocenters. The fraction of sp³-hybridized carbons (Fsp3) is 0.250. The van der Waals surface area contributed by atoms with Crippen LogP contribution in [0.15, 0.2) is 60.7 Å². The Hall–Kier alpha value is -1.56. The maximum Gasteiger partial charge on any atom is 0.0201 e. The van der Waals surface area contributed by atoms with E-state index in [-0.39, 0.29) is 0 Å². The zero-order valence-electron chi connectivity index (χ0n) is 9.08. The molecule has 0 spiro atoms. The third-order valence-corrected chi connectivity index (χ3v) is 4.11. The van der Waals surface area contributed by atoms with Gasteiger partial charge in [0, 0.05) is 5.92 Å². The molecular formula is C16H14. The summed E-state index contributed by atoms with van der Waals surface area (Å²) in [7, 11) is 0. The molecule has 0 aromatic heterocycles. The van der Waals surface area contributed by atoms with E-state index in [1.165, 1.54) is 11.1 Å². The molecule has 1 aromatic carbocycles. The van der Waals surface area contributed by atoms with Gasteiger partial charge < -0.3 is 0 Å². The summed E-state index contributed by atoms with van der Waals surface area (Å²) < 4.78 is 0. The lowest BCUT2D eigenvalue weighted by Crippen LogP contribution is -1.95. The van der Waals surface area contributed by atoms with Crippen molar-refractivity contribution < 1.29 is 0 Å². The molecule has 0 N–H and O–H groups in total. The summed E-state index contributed by atoms with van der Waals surface area (Å²) >= 11 is 0. The third-order valence-electron chi connectivity index (χ3n) is 4.11. The minimum Gasteiger partial charge on any atom is -0.0833 e. The maximum absolute atomic E-state index is 2.51. The first-order valence-corrected chi connectivity index (χ1v) is 6.07. The zero-order valence-corrected chi connectivity index (χ0v) is 9.08. The molecule has 0 radical (unpaired) electrons. The average Bonchev–Trinajstić information content (AvgIpc) is 3.07. The van der Waals surface area contributed by atoms with Crippen LogP contribution in [0.3, 0.4) is 0 Å². The summed E-state index contributed by atoms with van der Waals surface area (Å²) in [6.07, 6.45) is 12.1. The van der Waals surface area contributed by atoms with Gasteiger partial charge in [0.25, 0.3) is 0 Å². The SMILES string of the molecule is C1=CC2C3C=C(c4ccccc4)C1C=C[C@H]23. The van der Waals surface area contributed by atoms with Crippen molar-refractivity contribution in [2.45, 2.75) is 0 Å². The average molecular weight is 206 g/mol. The van der Waals surface area contributed by atoms with E-state index in [0.717, 1.165) is 17.8 Å². The van der Waals surface area contributed by atoms with Crippen LogP contribution in [-0.4, -0.2) is 0 Å². The number of hydrogen-bond donors (Lipinski definition) is 0. The second-order valence-electron chi connectivity index (χ2n) is 5.02. The van der Waals surface area contributed by atoms with Crippen LogP contribution in [0.1, 0.15) is 5.56 Å². The number of hydrogen-bond acceptors (Lipinski definition) is 0. The number of allylic oxidation sites excluding steroid dienone is 6. The highest BCUT2D eigenvalue weighted by atomic mass is 14.5. The Morgan fingerprint density at radius 3 is 2.06 bits per heavy atom. The van der Waals surface area contributed by atoms with E-state index in [4.69, 9.17) is 0 Å². The molecule has 1 saturated carbocycles. The minimum absolute atomic E-state index is 0.502. The van der Waals surface area contributed by atoms with Gasteiger partial charge in [-0.1, -0.05) is 60.7 Å². The molecule has 16 heavy (non-hydrogen) atoms. The molecule has 0 saturated heterocycles. The van der Waals surface area contributed by atoms with Gasteiger partial charge in [0.05, 0.1) is 0 Å². The van der Waals surface area contributed by atoms with Crippen LogP contribution in [0.5, 0.6) is 0 Å². The molecule has 3 unspecified atom stereocenters. The van der Waals surface area contributed by atoms with E-state index in [0.29, 0.717) is 5.92 Å². The highest BCUT2D eigenvalue weighted by molar-refractivity contribution is 5.73. The Bertz CT molecular complexity index is 484. The van der Waals surface area contributed by atoms with Crippen LogP contribution in [0.4, 0.5) is 0 Å². The molecule has 5 rings (SSSR count). The van der Waals surface area contributed by atoms with Crippen molar-refractivity contribution in [1.82, 2.24) is 0 Å². The third kappa shape index (κ3) is 1.10. The molecule has 4 aliphatic rings. The highest BCUT2D eigenvalue weighted by Gasteiger charge is 2.47. The van der Waals surface area contributed by atoms with Crippen LogP contribution < -0.4 is 0 Å². The van der Waals surface area contributed by atoms with Crippen LogP contribution >= 0.6 is 0 Å². The van der Waals surface area contributed by atoms with Crippen LogP contribution in [0.25, 0.3) is 5.57 Å². The van der Waals surface area contributed by atoms with Crippen molar-refractivity contribution in [3.63, 3.8) is 0 Å². The Morgan fingerprint density at radius 1 is 0.688 bits per heavy atom. The molecule has 0 nitrogen and oxygen atoms in total. The maximum atomic E-state index is 2.51. The van der Waals surface area contributed by atoms with E-state index in [2.05, 4.69) is 60.7 Å². The first-order valence-electron chi connectivity index (χ1n) is 6.07. The normalized spacial score (nSPS) is 37.9. The Kier molecular flexibility index (Phi) is 1.59. The van der Waals surface area contributed by atoms with Crippen molar-refractivity contribution in [2.24, 2.45) is 23.7 Å². The van der Waals surface area contributed by atoms with Crippen molar-refractivity contribution in [1.29, 1.82) is 0 Å². The van der Waals surface area contributed by atoms with Crippen LogP contribution in [0.2, 0.25) is 0 Å².